The molecule has 22 heavy (non-hydrogen) atoms. The summed E-state index contributed by atoms with van der Waals surface area (Å²) in [6.45, 7) is 0.929. The number of benzene rings is 1. The van der Waals surface area contributed by atoms with Gasteiger partial charge in [0, 0.05) is 17.2 Å². The standard InChI is InChI=1S/C12H10N4O6/c1-6-2-3-7(4-8(6)16(19)20)9(17)5-21-12(18)10-11(13)15-22-14-10/h2-4H,5H2,1H3,(H2,13,15). The Kier molecular flexibility index (Phi) is 4.11. The first-order valence-corrected chi connectivity index (χ1v) is 5.93. The Morgan fingerprint density at radius 1 is 1.41 bits per heavy atom. The fourth-order valence-corrected chi connectivity index (χ4v) is 1.60. The number of hydrogen-bond acceptors (Lipinski definition) is 9. The summed E-state index contributed by atoms with van der Waals surface area (Å²) in [7, 11) is 0. The number of aromatic nitrogens is 2. The number of ketones is 1. The largest absolute Gasteiger partial charge is 0.452 e. The summed E-state index contributed by atoms with van der Waals surface area (Å²) >= 11 is 0. The van der Waals surface area contributed by atoms with Crippen LogP contribution in [0.1, 0.15) is 26.4 Å². The second kappa shape index (κ2) is 5.99. The van der Waals surface area contributed by atoms with E-state index in [0.29, 0.717) is 5.56 Å². The van der Waals surface area contributed by atoms with Gasteiger partial charge in [0.2, 0.25) is 17.3 Å². The highest BCUT2D eigenvalue weighted by atomic mass is 16.6. The van der Waals surface area contributed by atoms with Crippen LogP contribution in [0.15, 0.2) is 22.8 Å². The summed E-state index contributed by atoms with van der Waals surface area (Å²) in [4.78, 5) is 33.7. The van der Waals surface area contributed by atoms with Gasteiger partial charge in [-0.05, 0) is 17.2 Å². The maximum Gasteiger partial charge on any atom is 0.365 e. The van der Waals surface area contributed by atoms with Crippen LogP contribution < -0.4 is 5.73 Å². The number of rotatable bonds is 5. The van der Waals surface area contributed by atoms with Gasteiger partial charge < -0.3 is 10.5 Å². The zero-order valence-electron chi connectivity index (χ0n) is 11.3. The Morgan fingerprint density at radius 3 is 2.73 bits per heavy atom. The van der Waals surface area contributed by atoms with Gasteiger partial charge in [-0.3, -0.25) is 14.9 Å². The van der Waals surface area contributed by atoms with Gasteiger partial charge in [-0.1, -0.05) is 12.1 Å². The quantitative estimate of drug-likeness (QED) is 0.367. The lowest BCUT2D eigenvalue weighted by Crippen LogP contribution is -2.15. The summed E-state index contributed by atoms with van der Waals surface area (Å²) in [6.07, 6.45) is 0. The third kappa shape index (κ3) is 3.06. The predicted molar refractivity (Wildman–Crippen MR) is 71.2 cm³/mol. The van der Waals surface area contributed by atoms with Gasteiger partial charge in [-0.25, -0.2) is 9.42 Å². The molecule has 0 atom stereocenters. The normalized spacial score (nSPS) is 10.2. The van der Waals surface area contributed by atoms with Gasteiger partial charge in [-0.15, -0.1) is 0 Å². The first-order valence-electron chi connectivity index (χ1n) is 5.93. The fourth-order valence-electron chi connectivity index (χ4n) is 1.60. The number of nitrogen functional groups attached to an aromatic ring is 1. The minimum absolute atomic E-state index is 0.0522. The summed E-state index contributed by atoms with van der Waals surface area (Å²) in [6, 6.07) is 3.97. The third-order valence-electron chi connectivity index (χ3n) is 2.77. The van der Waals surface area contributed by atoms with Crippen molar-refractivity contribution in [2.24, 2.45) is 0 Å². The molecule has 1 aromatic carbocycles. The lowest BCUT2D eigenvalue weighted by molar-refractivity contribution is -0.385. The van der Waals surface area contributed by atoms with Crippen molar-refractivity contribution in [2.45, 2.75) is 6.92 Å². The Morgan fingerprint density at radius 2 is 2.14 bits per heavy atom. The molecule has 0 bridgehead atoms. The fraction of sp³-hybridized carbons (Fsp3) is 0.167. The van der Waals surface area contributed by atoms with Crippen molar-refractivity contribution in [1.29, 1.82) is 0 Å². The van der Waals surface area contributed by atoms with Gasteiger partial charge in [0.15, 0.2) is 6.61 Å². The van der Waals surface area contributed by atoms with Crippen LogP contribution in [0.25, 0.3) is 0 Å². The van der Waals surface area contributed by atoms with E-state index in [0.717, 1.165) is 6.07 Å². The number of carbonyl (C=O) groups is 2. The molecular weight excluding hydrogens is 296 g/mol. The van der Waals surface area contributed by atoms with E-state index in [1.165, 1.54) is 12.1 Å². The van der Waals surface area contributed by atoms with E-state index in [1.807, 2.05) is 0 Å². The van der Waals surface area contributed by atoms with E-state index in [4.69, 9.17) is 10.5 Å². The highest BCUT2D eigenvalue weighted by Gasteiger charge is 2.20. The maximum absolute atomic E-state index is 11.9. The monoisotopic (exact) mass is 306 g/mol. The highest BCUT2D eigenvalue weighted by Crippen LogP contribution is 2.19. The van der Waals surface area contributed by atoms with Gasteiger partial charge in [-0.2, -0.15) is 0 Å². The Labute approximate surface area is 123 Å². The lowest BCUT2D eigenvalue weighted by Gasteiger charge is -2.04. The molecule has 0 saturated carbocycles. The van der Waals surface area contributed by atoms with Crippen molar-refractivity contribution in [3.8, 4) is 0 Å². The van der Waals surface area contributed by atoms with Crippen LogP contribution >= 0.6 is 0 Å². The van der Waals surface area contributed by atoms with Crippen LogP contribution in [0.4, 0.5) is 11.5 Å². The van der Waals surface area contributed by atoms with E-state index >= 15 is 0 Å². The number of Topliss-reactive ketones (excluding diaryl/α,β-unsaturated/α-hetero) is 1. The Hall–Kier alpha value is -3.30. The van der Waals surface area contributed by atoms with Crippen LogP contribution in [0, 0.1) is 17.0 Å². The average molecular weight is 306 g/mol. The number of anilines is 1. The van der Waals surface area contributed by atoms with Crippen molar-refractivity contribution in [2.75, 3.05) is 12.3 Å². The Bertz CT molecular complexity index is 754. The number of aryl methyl sites for hydroxylation is 1. The molecule has 114 valence electrons. The van der Waals surface area contributed by atoms with Crippen molar-refractivity contribution in [3.63, 3.8) is 0 Å². The number of nitro benzene ring substituents is 1. The average Bonchev–Trinajstić information content (AvgIpc) is 2.90. The summed E-state index contributed by atoms with van der Waals surface area (Å²) in [5.41, 5.74) is 5.23. The molecule has 10 nitrogen and oxygen atoms in total. The predicted octanol–water partition coefficient (Wildman–Crippen LogP) is 0.908. The van der Waals surface area contributed by atoms with Crippen molar-refractivity contribution < 1.29 is 23.9 Å². The molecule has 0 aliphatic rings. The van der Waals surface area contributed by atoms with Crippen LogP contribution in [0.3, 0.4) is 0 Å². The molecule has 0 aliphatic carbocycles. The molecule has 2 rings (SSSR count). The minimum atomic E-state index is -0.978. The lowest BCUT2D eigenvalue weighted by atomic mass is 10.1. The molecule has 0 radical (unpaired) electrons. The highest BCUT2D eigenvalue weighted by molar-refractivity contribution is 6.00. The van der Waals surface area contributed by atoms with Crippen molar-refractivity contribution >= 4 is 23.3 Å². The number of hydrogen-bond donors (Lipinski definition) is 1. The minimum Gasteiger partial charge on any atom is -0.452 e. The molecule has 0 unspecified atom stereocenters. The molecule has 0 saturated heterocycles. The van der Waals surface area contributed by atoms with E-state index in [2.05, 4.69) is 14.9 Å². The third-order valence-corrected chi connectivity index (χ3v) is 2.77. The van der Waals surface area contributed by atoms with Crippen LogP contribution in [0.2, 0.25) is 0 Å². The number of nitrogens with zero attached hydrogens (tertiary/aromatic N) is 3. The Balaban J connectivity index is 2.07. The molecule has 2 aromatic rings. The molecular formula is C12H10N4O6. The van der Waals surface area contributed by atoms with Gasteiger partial charge in [0.25, 0.3) is 5.69 Å². The molecule has 1 aromatic heterocycles. The number of nitrogens with two attached hydrogens (primary N) is 1. The van der Waals surface area contributed by atoms with Crippen molar-refractivity contribution in [3.05, 3.63) is 45.1 Å². The number of nitro groups is 1. The number of ether oxygens (including phenoxy) is 1. The van der Waals surface area contributed by atoms with E-state index < -0.39 is 23.3 Å². The molecule has 2 N–H and O–H groups in total. The first kappa shape index (κ1) is 15.1. The first-order chi connectivity index (χ1) is 10.4. The second-order valence-corrected chi connectivity index (χ2v) is 4.26. The van der Waals surface area contributed by atoms with Gasteiger partial charge in [0.05, 0.1) is 4.92 Å². The second-order valence-electron chi connectivity index (χ2n) is 4.26. The van der Waals surface area contributed by atoms with Crippen LogP contribution in [-0.2, 0) is 4.74 Å². The zero-order chi connectivity index (χ0) is 16.3. The van der Waals surface area contributed by atoms with E-state index in [1.54, 1.807) is 6.92 Å². The molecule has 0 fully saturated rings. The van der Waals surface area contributed by atoms with E-state index in [-0.39, 0.29) is 22.8 Å². The zero-order valence-corrected chi connectivity index (χ0v) is 11.3. The molecule has 0 spiro atoms. The molecule has 1 heterocycles. The summed E-state index contributed by atoms with van der Waals surface area (Å²) < 4.78 is 8.94. The van der Waals surface area contributed by atoms with Crippen LogP contribution in [-0.4, -0.2) is 33.6 Å². The summed E-state index contributed by atoms with van der Waals surface area (Å²) in [5.74, 6) is -1.84. The summed E-state index contributed by atoms with van der Waals surface area (Å²) in [5, 5.41) is 17.2. The number of carbonyl (C=O) groups excluding carboxylic acids is 2. The SMILES string of the molecule is Cc1ccc(C(=O)COC(=O)c2nonc2N)cc1[N+](=O)[O-]. The van der Waals surface area contributed by atoms with Gasteiger partial charge in [0.1, 0.15) is 0 Å². The maximum atomic E-state index is 11.9. The molecule has 10 heteroatoms. The van der Waals surface area contributed by atoms with E-state index in [9.17, 15) is 19.7 Å². The molecule has 0 aliphatic heterocycles. The smallest absolute Gasteiger partial charge is 0.365 e. The molecule has 0 amide bonds. The van der Waals surface area contributed by atoms with Crippen LogP contribution in [0.5, 0.6) is 0 Å². The van der Waals surface area contributed by atoms with Gasteiger partial charge >= 0.3 is 5.97 Å². The van der Waals surface area contributed by atoms with Crippen molar-refractivity contribution in [1.82, 2.24) is 10.3 Å². The number of esters is 1. The topological polar surface area (TPSA) is 151 Å².